The lowest BCUT2D eigenvalue weighted by molar-refractivity contribution is -0.144. The summed E-state index contributed by atoms with van der Waals surface area (Å²) in [5.41, 5.74) is 0.678. The maximum absolute atomic E-state index is 11.7. The van der Waals surface area contributed by atoms with E-state index in [1.165, 1.54) is 11.3 Å². The summed E-state index contributed by atoms with van der Waals surface area (Å²) < 4.78 is 10.4. The van der Waals surface area contributed by atoms with Gasteiger partial charge in [0.2, 0.25) is 5.78 Å². The molecule has 0 saturated carbocycles. The number of hydrogen-bond acceptors (Lipinski definition) is 6. The van der Waals surface area contributed by atoms with Crippen LogP contribution in [0.4, 0.5) is 0 Å². The van der Waals surface area contributed by atoms with Crippen LogP contribution in [-0.2, 0) is 9.53 Å². The predicted molar refractivity (Wildman–Crippen MR) is 86.8 cm³/mol. The third-order valence-corrected chi connectivity index (χ3v) is 4.01. The number of hydrogen-bond donors (Lipinski definition) is 0. The molecule has 0 unspecified atom stereocenters. The van der Waals surface area contributed by atoms with Gasteiger partial charge in [-0.05, 0) is 23.6 Å². The van der Waals surface area contributed by atoms with Crippen LogP contribution >= 0.6 is 11.3 Å². The summed E-state index contributed by atoms with van der Waals surface area (Å²) in [5, 5.41) is 2.72. The maximum atomic E-state index is 11.7. The van der Waals surface area contributed by atoms with Crippen LogP contribution in [0.25, 0.3) is 10.9 Å². The number of Topliss-reactive ketones (excluding diaryl/α,β-unsaturated/α-hetero) is 1. The lowest BCUT2D eigenvalue weighted by Crippen LogP contribution is -2.19. The summed E-state index contributed by atoms with van der Waals surface area (Å²) in [5.74, 6) is -0.312. The topological polar surface area (TPSA) is 65.5 Å². The number of pyridine rings is 1. The molecule has 0 aliphatic rings. The van der Waals surface area contributed by atoms with Gasteiger partial charge in [0.1, 0.15) is 11.3 Å². The lowest BCUT2D eigenvalue weighted by atomic mass is 10.2. The number of nitrogens with zero attached hydrogens (tertiary/aromatic N) is 1. The van der Waals surface area contributed by atoms with Crippen LogP contribution in [0.2, 0.25) is 0 Å². The SMILES string of the molecule is O=C(COc1cccc2cccnc12)OCC(=O)c1cccs1. The predicted octanol–water partition coefficient (Wildman–Crippen LogP) is 3.10. The number of ether oxygens (including phenoxy) is 2. The van der Waals surface area contributed by atoms with E-state index in [2.05, 4.69) is 4.98 Å². The first kappa shape index (κ1) is 15.2. The van der Waals surface area contributed by atoms with Gasteiger partial charge < -0.3 is 9.47 Å². The molecule has 0 fully saturated rings. The molecule has 3 rings (SSSR count). The van der Waals surface area contributed by atoms with E-state index in [0.717, 1.165) is 5.39 Å². The first-order valence-corrected chi connectivity index (χ1v) is 7.81. The summed E-state index contributed by atoms with van der Waals surface area (Å²) in [6.07, 6.45) is 1.66. The van der Waals surface area contributed by atoms with Crippen molar-refractivity contribution in [1.29, 1.82) is 0 Å². The second-order valence-electron chi connectivity index (χ2n) is 4.68. The normalized spacial score (nSPS) is 10.4. The molecular formula is C17H13NO4S. The molecule has 0 spiro atoms. The number of carbonyl (C=O) groups is 2. The maximum Gasteiger partial charge on any atom is 0.344 e. The Labute approximate surface area is 136 Å². The first-order valence-electron chi connectivity index (χ1n) is 6.93. The van der Waals surface area contributed by atoms with Crippen molar-refractivity contribution in [3.63, 3.8) is 0 Å². The quantitative estimate of drug-likeness (QED) is 0.514. The number of rotatable bonds is 6. The van der Waals surface area contributed by atoms with E-state index >= 15 is 0 Å². The van der Waals surface area contributed by atoms with Crippen LogP contribution in [-0.4, -0.2) is 30.0 Å². The van der Waals surface area contributed by atoms with Gasteiger partial charge in [0, 0.05) is 11.6 Å². The highest BCUT2D eigenvalue weighted by Crippen LogP contribution is 2.22. The monoisotopic (exact) mass is 327 g/mol. The fourth-order valence-electron chi connectivity index (χ4n) is 2.03. The fourth-order valence-corrected chi connectivity index (χ4v) is 2.68. The second kappa shape index (κ2) is 7.02. The molecule has 0 amide bonds. The number of benzene rings is 1. The molecule has 0 N–H and O–H groups in total. The summed E-state index contributed by atoms with van der Waals surface area (Å²) in [4.78, 5) is 28.3. The molecule has 0 aliphatic heterocycles. The van der Waals surface area contributed by atoms with Gasteiger partial charge in [0.05, 0.1) is 4.88 Å². The Morgan fingerprint density at radius 1 is 1.04 bits per heavy atom. The Balaban J connectivity index is 1.55. The Bertz CT molecular complexity index is 824. The molecule has 0 bridgehead atoms. The van der Waals surface area contributed by atoms with E-state index in [1.807, 2.05) is 24.3 Å². The summed E-state index contributed by atoms with van der Waals surface area (Å²) in [6, 6.07) is 12.7. The van der Waals surface area contributed by atoms with Crippen LogP contribution < -0.4 is 4.74 Å². The number of carbonyl (C=O) groups excluding carboxylic acids is 2. The van der Waals surface area contributed by atoms with Gasteiger partial charge in [-0.1, -0.05) is 24.3 Å². The molecule has 0 saturated heterocycles. The van der Waals surface area contributed by atoms with Gasteiger partial charge in [-0.3, -0.25) is 9.78 Å². The molecule has 2 aromatic heterocycles. The molecule has 2 heterocycles. The van der Waals surface area contributed by atoms with E-state index in [-0.39, 0.29) is 19.0 Å². The number of esters is 1. The van der Waals surface area contributed by atoms with Crippen molar-refractivity contribution in [2.24, 2.45) is 0 Å². The van der Waals surface area contributed by atoms with Gasteiger partial charge >= 0.3 is 5.97 Å². The minimum atomic E-state index is -0.595. The van der Waals surface area contributed by atoms with Crippen molar-refractivity contribution >= 4 is 34.0 Å². The average Bonchev–Trinajstić information content (AvgIpc) is 3.12. The molecule has 116 valence electrons. The van der Waals surface area contributed by atoms with Crippen molar-refractivity contribution in [3.8, 4) is 5.75 Å². The molecule has 5 nitrogen and oxygen atoms in total. The Morgan fingerprint density at radius 3 is 2.74 bits per heavy atom. The third-order valence-electron chi connectivity index (χ3n) is 3.10. The highest BCUT2D eigenvalue weighted by molar-refractivity contribution is 7.12. The van der Waals surface area contributed by atoms with Gasteiger partial charge in [0.25, 0.3) is 0 Å². The van der Waals surface area contributed by atoms with Crippen molar-refractivity contribution < 1.29 is 19.1 Å². The van der Waals surface area contributed by atoms with Crippen LogP contribution in [0.5, 0.6) is 5.75 Å². The van der Waals surface area contributed by atoms with E-state index < -0.39 is 5.97 Å². The van der Waals surface area contributed by atoms with E-state index in [1.54, 1.807) is 29.8 Å². The lowest BCUT2D eigenvalue weighted by Gasteiger charge is -2.08. The fraction of sp³-hybridized carbons (Fsp3) is 0.118. The number of para-hydroxylation sites is 1. The smallest absolute Gasteiger partial charge is 0.344 e. The van der Waals surface area contributed by atoms with Crippen LogP contribution in [0.3, 0.4) is 0 Å². The summed E-state index contributed by atoms with van der Waals surface area (Å²) in [6.45, 7) is -0.552. The van der Waals surface area contributed by atoms with Crippen molar-refractivity contribution in [3.05, 3.63) is 58.9 Å². The van der Waals surface area contributed by atoms with Gasteiger partial charge in [-0.25, -0.2) is 4.79 Å². The van der Waals surface area contributed by atoms with Crippen molar-refractivity contribution in [2.75, 3.05) is 13.2 Å². The molecule has 0 aliphatic carbocycles. The first-order chi connectivity index (χ1) is 11.2. The molecule has 6 heteroatoms. The van der Waals surface area contributed by atoms with E-state index in [4.69, 9.17) is 9.47 Å². The molecule has 0 atom stereocenters. The number of ketones is 1. The zero-order chi connectivity index (χ0) is 16.1. The standard InChI is InChI=1S/C17H13NO4S/c19-13(15-7-3-9-23-15)10-22-16(20)11-21-14-6-1-4-12-5-2-8-18-17(12)14/h1-9H,10-11H2. The van der Waals surface area contributed by atoms with Crippen molar-refractivity contribution in [2.45, 2.75) is 0 Å². The summed E-state index contributed by atoms with van der Waals surface area (Å²) >= 11 is 1.31. The largest absolute Gasteiger partial charge is 0.480 e. The minimum Gasteiger partial charge on any atom is -0.480 e. The van der Waals surface area contributed by atoms with Crippen molar-refractivity contribution in [1.82, 2.24) is 4.98 Å². The molecule has 23 heavy (non-hydrogen) atoms. The Morgan fingerprint density at radius 2 is 1.91 bits per heavy atom. The second-order valence-corrected chi connectivity index (χ2v) is 5.63. The molecule has 0 radical (unpaired) electrons. The zero-order valence-electron chi connectivity index (χ0n) is 12.1. The molecule has 1 aromatic carbocycles. The van der Waals surface area contributed by atoms with Gasteiger partial charge in [-0.2, -0.15) is 0 Å². The van der Waals surface area contributed by atoms with Crippen LogP contribution in [0.1, 0.15) is 9.67 Å². The van der Waals surface area contributed by atoms with Gasteiger partial charge in [-0.15, -0.1) is 11.3 Å². The highest BCUT2D eigenvalue weighted by atomic mass is 32.1. The number of fused-ring (bicyclic) bond motifs is 1. The number of thiophene rings is 1. The van der Waals surface area contributed by atoms with Gasteiger partial charge in [0.15, 0.2) is 13.2 Å². The summed E-state index contributed by atoms with van der Waals surface area (Å²) in [7, 11) is 0. The van der Waals surface area contributed by atoms with E-state index in [9.17, 15) is 9.59 Å². The third kappa shape index (κ3) is 3.73. The zero-order valence-corrected chi connectivity index (χ0v) is 12.9. The molecule has 3 aromatic rings. The Hall–Kier alpha value is -2.73. The van der Waals surface area contributed by atoms with Crippen LogP contribution in [0, 0.1) is 0 Å². The highest BCUT2D eigenvalue weighted by Gasteiger charge is 2.12. The van der Waals surface area contributed by atoms with E-state index in [0.29, 0.717) is 16.1 Å². The Kier molecular flexibility index (Phi) is 4.63. The average molecular weight is 327 g/mol. The minimum absolute atomic E-state index is 0.222. The molecular weight excluding hydrogens is 314 g/mol. The van der Waals surface area contributed by atoms with Crippen LogP contribution in [0.15, 0.2) is 54.0 Å². The number of aromatic nitrogens is 1.